The van der Waals surface area contributed by atoms with Crippen LogP contribution in [-0.2, 0) is 0 Å². The van der Waals surface area contributed by atoms with Crippen molar-refractivity contribution in [2.75, 3.05) is 13.7 Å². The summed E-state index contributed by atoms with van der Waals surface area (Å²) in [4.78, 5) is 0. The molecular weight excluding hydrogens is 293 g/mol. The van der Waals surface area contributed by atoms with Crippen molar-refractivity contribution in [2.24, 2.45) is 5.73 Å². The lowest BCUT2D eigenvalue weighted by molar-refractivity contribution is 0.276. The molecule has 0 aromatic heterocycles. The molecule has 90 valence electrons. The van der Waals surface area contributed by atoms with Gasteiger partial charge < -0.3 is 15.2 Å². The minimum absolute atomic E-state index is 0. The van der Waals surface area contributed by atoms with Crippen LogP contribution in [0.2, 0.25) is 0 Å². The molecule has 2 N–H and O–H groups in total. The Hall–Kier alpha value is -0.450. The highest BCUT2D eigenvalue weighted by Gasteiger charge is 2.39. The molecule has 0 unspecified atom stereocenters. The number of halogens is 2. The molecule has 2 rings (SSSR count). The second-order valence-electron chi connectivity index (χ2n) is 3.95. The summed E-state index contributed by atoms with van der Waals surface area (Å²) in [5.74, 6) is 1.57. The van der Waals surface area contributed by atoms with E-state index in [4.69, 9.17) is 15.2 Å². The van der Waals surface area contributed by atoms with Gasteiger partial charge in [-0.25, -0.2) is 0 Å². The molecule has 1 aromatic carbocycles. The predicted molar refractivity (Wildman–Crippen MR) is 69.6 cm³/mol. The summed E-state index contributed by atoms with van der Waals surface area (Å²) in [6.07, 6.45) is 2.10. The minimum atomic E-state index is -0.0947. The maximum absolute atomic E-state index is 5.94. The van der Waals surface area contributed by atoms with Crippen molar-refractivity contribution in [1.29, 1.82) is 0 Å². The number of rotatable bonds is 4. The predicted octanol–water partition coefficient (Wildman–Crippen LogP) is 2.75. The molecular formula is C11H15BrClNO2. The molecule has 0 radical (unpaired) electrons. The van der Waals surface area contributed by atoms with Crippen molar-refractivity contribution in [3.63, 3.8) is 0 Å². The van der Waals surface area contributed by atoms with Gasteiger partial charge in [0.1, 0.15) is 18.1 Å². The number of ether oxygens (including phenoxy) is 2. The second kappa shape index (κ2) is 5.25. The molecule has 0 heterocycles. The standard InChI is InChI=1S/C11H14BrNO2.ClH/c1-14-8-2-3-9(12)10(6-8)15-7-11(13)4-5-11;/h2-3,6H,4-5,7,13H2,1H3;1H. The Balaban J connectivity index is 0.00000128. The van der Waals surface area contributed by atoms with Gasteiger partial charge in [-0.2, -0.15) is 0 Å². The molecule has 0 saturated heterocycles. The second-order valence-corrected chi connectivity index (χ2v) is 4.80. The highest BCUT2D eigenvalue weighted by atomic mass is 79.9. The van der Waals surface area contributed by atoms with Gasteiger partial charge in [-0.15, -0.1) is 12.4 Å². The van der Waals surface area contributed by atoms with Crippen LogP contribution in [0.25, 0.3) is 0 Å². The largest absolute Gasteiger partial charge is 0.497 e. The first kappa shape index (κ1) is 13.6. The third kappa shape index (κ3) is 3.27. The molecule has 0 amide bonds. The summed E-state index contributed by atoms with van der Waals surface area (Å²) < 4.78 is 11.7. The molecule has 16 heavy (non-hydrogen) atoms. The van der Waals surface area contributed by atoms with Crippen LogP contribution in [0.4, 0.5) is 0 Å². The lowest BCUT2D eigenvalue weighted by Gasteiger charge is -2.13. The average Bonchev–Trinajstić information content (AvgIpc) is 2.96. The van der Waals surface area contributed by atoms with E-state index in [0.29, 0.717) is 6.61 Å². The van der Waals surface area contributed by atoms with Gasteiger partial charge in [-0.05, 0) is 40.9 Å². The number of nitrogens with two attached hydrogens (primary N) is 1. The zero-order valence-electron chi connectivity index (χ0n) is 9.03. The van der Waals surface area contributed by atoms with Crippen molar-refractivity contribution in [2.45, 2.75) is 18.4 Å². The molecule has 0 aliphatic heterocycles. The van der Waals surface area contributed by atoms with E-state index >= 15 is 0 Å². The molecule has 0 bridgehead atoms. The zero-order chi connectivity index (χ0) is 10.9. The Morgan fingerprint density at radius 1 is 1.44 bits per heavy atom. The first-order chi connectivity index (χ1) is 7.13. The monoisotopic (exact) mass is 307 g/mol. The summed E-state index contributed by atoms with van der Waals surface area (Å²) in [6.45, 7) is 0.568. The fourth-order valence-electron chi connectivity index (χ4n) is 1.25. The summed E-state index contributed by atoms with van der Waals surface area (Å²) in [6, 6.07) is 5.65. The molecule has 1 aliphatic carbocycles. The van der Waals surface area contributed by atoms with E-state index in [-0.39, 0.29) is 17.9 Å². The molecule has 3 nitrogen and oxygen atoms in total. The summed E-state index contributed by atoms with van der Waals surface area (Å²) in [5.41, 5.74) is 5.85. The molecule has 1 aliphatic rings. The maximum Gasteiger partial charge on any atom is 0.137 e. The number of benzene rings is 1. The lowest BCUT2D eigenvalue weighted by Crippen LogP contribution is -2.29. The van der Waals surface area contributed by atoms with Crippen molar-refractivity contribution in [1.82, 2.24) is 0 Å². The third-order valence-electron chi connectivity index (χ3n) is 2.55. The Morgan fingerprint density at radius 3 is 2.69 bits per heavy atom. The average molecular weight is 309 g/mol. The third-order valence-corrected chi connectivity index (χ3v) is 3.20. The number of hydrogen-bond donors (Lipinski definition) is 1. The lowest BCUT2D eigenvalue weighted by atomic mass is 10.3. The summed E-state index contributed by atoms with van der Waals surface area (Å²) in [5, 5.41) is 0. The Labute approximate surface area is 110 Å². The van der Waals surface area contributed by atoms with Crippen LogP contribution >= 0.6 is 28.3 Å². The Bertz CT molecular complexity index is 369. The van der Waals surface area contributed by atoms with Crippen LogP contribution in [0, 0.1) is 0 Å². The summed E-state index contributed by atoms with van der Waals surface area (Å²) >= 11 is 3.43. The zero-order valence-corrected chi connectivity index (χ0v) is 11.4. The minimum Gasteiger partial charge on any atom is -0.497 e. The molecule has 5 heteroatoms. The van der Waals surface area contributed by atoms with Crippen molar-refractivity contribution in [3.8, 4) is 11.5 Å². The fraction of sp³-hybridized carbons (Fsp3) is 0.455. The van der Waals surface area contributed by atoms with Gasteiger partial charge in [0.15, 0.2) is 0 Å². The van der Waals surface area contributed by atoms with Crippen LogP contribution < -0.4 is 15.2 Å². The number of hydrogen-bond acceptors (Lipinski definition) is 3. The van der Waals surface area contributed by atoms with Crippen LogP contribution in [0.1, 0.15) is 12.8 Å². The van der Waals surface area contributed by atoms with Gasteiger partial charge in [-0.3, -0.25) is 0 Å². The van der Waals surface area contributed by atoms with Gasteiger partial charge in [0.25, 0.3) is 0 Å². The van der Waals surface area contributed by atoms with Crippen molar-refractivity contribution in [3.05, 3.63) is 22.7 Å². The Kier molecular flexibility index (Phi) is 4.47. The van der Waals surface area contributed by atoms with Gasteiger partial charge in [0.2, 0.25) is 0 Å². The van der Waals surface area contributed by atoms with Crippen molar-refractivity contribution >= 4 is 28.3 Å². The normalized spacial score (nSPS) is 16.2. The van der Waals surface area contributed by atoms with E-state index in [0.717, 1.165) is 28.8 Å². The van der Waals surface area contributed by atoms with Crippen molar-refractivity contribution < 1.29 is 9.47 Å². The Morgan fingerprint density at radius 2 is 2.12 bits per heavy atom. The molecule has 1 aromatic rings. The van der Waals surface area contributed by atoms with Crippen LogP contribution in [0.3, 0.4) is 0 Å². The topological polar surface area (TPSA) is 44.5 Å². The van der Waals surface area contributed by atoms with E-state index in [1.807, 2.05) is 18.2 Å². The van der Waals surface area contributed by atoms with E-state index in [9.17, 15) is 0 Å². The smallest absolute Gasteiger partial charge is 0.137 e. The van der Waals surface area contributed by atoms with E-state index in [2.05, 4.69) is 15.9 Å². The highest BCUT2D eigenvalue weighted by Crippen LogP contribution is 2.35. The molecule has 0 atom stereocenters. The van der Waals surface area contributed by atoms with E-state index in [1.165, 1.54) is 0 Å². The van der Waals surface area contributed by atoms with Crippen LogP contribution in [-0.4, -0.2) is 19.3 Å². The summed E-state index contributed by atoms with van der Waals surface area (Å²) in [7, 11) is 1.64. The SMILES string of the molecule is COc1ccc(Br)c(OCC2(N)CC2)c1.Cl. The first-order valence-electron chi connectivity index (χ1n) is 4.88. The van der Waals surface area contributed by atoms with Gasteiger partial charge >= 0.3 is 0 Å². The van der Waals surface area contributed by atoms with Crippen LogP contribution in [0.15, 0.2) is 22.7 Å². The van der Waals surface area contributed by atoms with E-state index in [1.54, 1.807) is 7.11 Å². The van der Waals surface area contributed by atoms with Gasteiger partial charge in [0.05, 0.1) is 17.1 Å². The highest BCUT2D eigenvalue weighted by molar-refractivity contribution is 9.10. The molecule has 0 spiro atoms. The van der Waals surface area contributed by atoms with E-state index < -0.39 is 0 Å². The van der Waals surface area contributed by atoms with Gasteiger partial charge in [0, 0.05) is 6.07 Å². The molecule has 1 fully saturated rings. The van der Waals surface area contributed by atoms with Gasteiger partial charge in [-0.1, -0.05) is 0 Å². The first-order valence-corrected chi connectivity index (χ1v) is 5.67. The van der Waals surface area contributed by atoms with Crippen LogP contribution in [0.5, 0.6) is 11.5 Å². The quantitative estimate of drug-likeness (QED) is 0.930. The number of methoxy groups -OCH3 is 1. The molecule has 1 saturated carbocycles. The maximum atomic E-state index is 5.94. The fourth-order valence-corrected chi connectivity index (χ4v) is 1.61.